The van der Waals surface area contributed by atoms with Crippen molar-refractivity contribution in [1.82, 2.24) is 4.90 Å². The van der Waals surface area contributed by atoms with Crippen molar-refractivity contribution in [2.45, 2.75) is 39.3 Å². The highest BCUT2D eigenvalue weighted by Crippen LogP contribution is 2.36. The Morgan fingerprint density at radius 2 is 2.16 bits per heavy atom. The molecule has 1 aliphatic rings. The number of carboxylic acids is 1. The Labute approximate surface area is 119 Å². The summed E-state index contributed by atoms with van der Waals surface area (Å²) in [6.45, 7) is 5.47. The molecule has 1 unspecified atom stereocenters. The summed E-state index contributed by atoms with van der Waals surface area (Å²) in [6, 6.07) is 7.19. The standard InChI is InChI=1S/C15H20ClNO2/c1-15(2)8-5-9-17(13(15)14(18)19)10-11-6-3-4-7-12(11)16/h3-4,6-7,13H,5,8-10H2,1-2H3,(H,18,19). The predicted octanol–water partition coefficient (Wildman–Crippen LogP) is 3.42. The molecule has 0 bridgehead atoms. The maximum atomic E-state index is 11.6. The lowest BCUT2D eigenvalue weighted by Gasteiger charge is -2.44. The first-order chi connectivity index (χ1) is 8.92. The van der Waals surface area contributed by atoms with Crippen LogP contribution in [0.2, 0.25) is 5.02 Å². The van der Waals surface area contributed by atoms with Gasteiger partial charge in [0.1, 0.15) is 6.04 Å². The molecule has 0 amide bonds. The van der Waals surface area contributed by atoms with Gasteiger partial charge >= 0.3 is 5.97 Å². The number of hydrogen-bond donors (Lipinski definition) is 1. The Balaban J connectivity index is 2.23. The third-order valence-electron chi connectivity index (χ3n) is 3.94. The zero-order valence-electron chi connectivity index (χ0n) is 11.4. The molecular formula is C15H20ClNO2. The second-order valence-corrected chi connectivity index (χ2v) is 6.30. The van der Waals surface area contributed by atoms with E-state index in [4.69, 9.17) is 11.6 Å². The third kappa shape index (κ3) is 3.10. The van der Waals surface area contributed by atoms with Crippen LogP contribution in [0.25, 0.3) is 0 Å². The average molecular weight is 282 g/mol. The van der Waals surface area contributed by atoms with Crippen LogP contribution in [0, 0.1) is 5.41 Å². The third-order valence-corrected chi connectivity index (χ3v) is 4.31. The van der Waals surface area contributed by atoms with Crippen LogP contribution >= 0.6 is 11.6 Å². The molecule has 1 fully saturated rings. The highest BCUT2D eigenvalue weighted by Gasteiger charge is 2.42. The van der Waals surface area contributed by atoms with E-state index in [9.17, 15) is 9.90 Å². The van der Waals surface area contributed by atoms with Crippen molar-refractivity contribution in [2.75, 3.05) is 6.54 Å². The number of aliphatic carboxylic acids is 1. The van der Waals surface area contributed by atoms with E-state index in [1.165, 1.54) is 0 Å². The highest BCUT2D eigenvalue weighted by molar-refractivity contribution is 6.31. The van der Waals surface area contributed by atoms with E-state index in [0.717, 1.165) is 24.9 Å². The normalized spacial score (nSPS) is 23.2. The second kappa shape index (κ2) is 5.51. The molecule has 4 heteroatoms. The van der Waals surface area contributed by atoms with Crippen molar-refractivity contribution in [2.24, 2.45) is 5.41 Å². The Morgan fingerprint density at radius 3 is 2.79 bits per heavy atom. The SMILES string of the molecule is CC1(C)CCCN(Cc2ccccc2Cl)C1C(=O)O. The number of carboxylic acid groups (broad SMARTS) is 1. The first-order valence-corrected chi connectivity index (χ1v) is 7.00. The lowest BCUT2D eigenvalue weighted by molar-refractivity contribution is -0.151. The number of carbonyl (C=O) groups is 1. The number of halogens is 1. The van der Waals surface area contributed by atoms with Gasteiger partial charge in [-0.25, -0.2) is 0 Å². The molecular weight excluding hydrogens is 262 g/mol. The molecule has 0 aliphatic carbocycles. The molecule has 0 radical (unpaired) electrons. The molecule has 1 aliphatic heterocycles. The van der Waals surface area contributed by atoms with Gasteiger partial charge in [0.15, 0.2) is 0 Å². The van der Waals surface area contributed by atoms with Gasteiger partial charge in [-0.1, -0.05) is 43.6 Å². The summed E-state index contributed by atoms with van der Waals surface area (Å²) in [5, 5.41) is 10.2. The van der Waals surface area contributed by atoms with E-state index in [-0.39, 0.29) is 5.41 Å². The number of benzene rings is 1. The first kappa shape index (κ1) is 14.4. The Morgan fingerprint density at radius 1 is 1.47 bits per heavy atom. The van der Waals surface area contributed by atoms with E-state index < -0.39 is 12.0 Å². The van der Waals surface area contributed by atoms with Crippen LogP contribution in [0.4, 0.5) is 0 Å². The van der Waals surface area contributed by atoms with Crippen LogP contribution in [0.5, 0.6) is 0 Å². The summed E-state index contributed by atoms with van der Waals surface area (Å²) in [5.74, 6) is -0.739. The minimum Gasteiger partial charge on any atom is -0.480 e. The van der Waals surface area contributed by atoms with Crippen molar-refractivity contribution >= 4 is 17.6 Å². The van der Waals surface area contributed by atoms with Gasteiger partial charge in [0.25, 0.3) is 0 Å². The summed E-state index contributed by atoms with van der Waals surface area (Å²) < 4.78 is 0. The van der Waals surface area contributed by atoms with Crippen LogP contribution in [-0.2, 0) is 11.3 Å². The quantitative estimate of drug-likeness (QED) is 0.923. The summed E-state index contributed by atoms with van der Waals surface area (Å²) in [4.78, 5) is 13.6. The average Bonchev–Trinajstić information content (AvgIpc) is 2.30. The number of nitrogens with zero attached hydrogens (tertiary/aromatic N) is 1. The topological polar surface area (TPSA) is 40.5 Å². The first-order valence-electron chi connectivity index (χ1n) is 6.62. The van der Waals surface area contributed by atoms with Gasteiger partial charge in [0.05, 0.1) is 0 Å². The predicted molar refractivity (Wildman–Crippen MR) is 76.3 cm³/mol. The van der Waals surface area contributed by atoms with Gasteiger partial charge < -0.3 is 5.11 Å². The summed E-state index contributed by atoms with van der Waals surface area (Å²) >= 11 is 6.17. The van der Waals surface area contributed by atoms with Gasteiger partial charge in [0, 0.05) is 11.6 Å². The maximum absolute atomic E-state index is 11.6. The van der Waals surface area contributed by atoms with Crippen molar-refractivity contribution in [3.05, 3.63) is 34.9 Å². The van der Waals surface area contributed by atoms with Crippen LogP contribution in [0.1, 0.15) is 32.3 Å². The molecule has 1 heterocycles. The lowest BCUT2D eigenvalue weighted by Crippen LogP contribution is -2.53. The van der Waals surface area contributed by atoms with Crippen LogP contribution in [0.3, 0.4) is 0 Å². The fourth-order valence-corrected chi connectivity index (χ4v) is 3.20. The Bertz CT molecular complexity index is 473. The van der Waals surface area contributed by atoms with Crippen molar-refractivity contribution in [3.8, 4) is 0 Å². The summed E-state index contributed by atoms with van der Waals surface area (Å²) in [7, 11) is 0. The maximum Gasteiger partial charge on any atom is 0.321 e. The fraction of sp³-hybridized carbons (Fsp3) is 0.533. The van der Waals surface area contributed by atoms with Gasteiger partial charge in [-0.15, -0.1) is 0 Å². The highest BCUT2D eigenvalue weighted by atomic mass is 35.5. The number of rotatable bonds is 3. The molecule has 1 N–H and O–H groups in total. The Hall–Kier alpha value is -1.06. The number of likely N-dealkylation sites (tertiary alicyclic amines) is 1. The molecule has 104 valence electrons. The lowest BCUT2D eigenvalue weighted by atomic mass is 9.76. The van der Waals surface area contributed by atoms with Crippen LogP contribution < -0.4 is 0 Å². The monoisotopic (exact) mass is 281 g/mol. The Kier molecular flexibility index (Phi) is 4.16. The second-order valence-electron chi connectivity index (χ2n) is 5.89. The largest absolute Gasteiger partial charge is 0.480 e. The minimum atomic E-state index is -0.739. The van der Waals surface area contributed by atoms with Crippen molar-refractivity contribution in [1.29, 1.82) is 0 Å². The van der Waals surface area contributed by atoms with Crippen molar-refractivity contribution in [3.63, 3.8) is 0 Å². The molecule has 1 atom stereocenters. The smallest absolute Gasteiger partial charge is 0.321 e. The van der Waals surface area contributed by atoms with Gasteiger partial charge in [-0.2, -0.15) is 0 Å². The fourth-order valence-electron chi connectivity index (χ4n) is 3.00. The van der Waals surface area contributed by atoms with Gasteiger partial charge in [-0.3, -0.25) is 9.69 Å². The zero-order chi connectivity index (χ0) is 14.0. The van der Waals surface area contributed by atoms with E-state index >= 15 is 0 Å². The number of hydrogen-bond acceptors (Lipinski definition) is 2. The van der Waals surface area contributed by atoms with E-state index in [1.807, 2.05) is 43.0 Å². The molecule has 0 saturated carbocycles. The molecule has 2 rings (SSSR count). The molecule has 1 saturated heterocycles. The summed E-state index contributed by atoms with van der Waals surface area (Å²) in [6.07, 6.45) is 1.98. The molecule has 0 spiro atoms. The van der Waals surface area contributed by atoms with Crippen molar-refractivity contribution < 1.29 is 9.90 Å². The van der Waals surface area contributed by atoms with Gasteiger partial charge in [0.2, 0.25) is 0 Å². The van der Waals surface area contributed by atoms with Crippen LogP contribution in [-0.4, -0.2) is 28.6 Å². The van der Waals surface area contributed by atoms with E-state index in [2.05, 4.69) is 0 Å². The minimum absolute atomic E-state index is 0.203. The zero-order valence-corrected chi connectivity index (χ0v) is 12.2. The number of piperidine rings is 1. The van der Waals surface area contributed by atoms with E-state index in [0.29, 0.717) is 11.6 Å². The van der Waals surface area contributed by atoms with E-state index in [1.54, 1.807) is 0 Å². The van der Waals surface area contributed by atoms with Crippen LogP contribution in [0.15, 0.2) is 24.3 Å². The molecule has 3 nitrogen and oxygen atoms in total. The molecule has 0 aromatic heterocycles. The molecule has 1 aromatic carbocycles. The molecule has 1 aromatic rings. The summed E-state index contributed by atoms with van der Waals surface area (Å²) in [5.41, 5.74) is 0.791. The molecule has 19 heavy (non-hydrogen) atoms. The van der Waals surface area contributed by atoms with Gasteiger partial charge in [-0.05, 0) is 36.4 Å².